The number of allylic oxidation sites excluding steroid dienone is 1. The molecule has 1 aliphatic carbocycles. The van der Waals surface area contributed by atoms with Crippen molar-refractivity contribution >= 4 is 23.2 Å². The first-order chi connectivity index (χ1) is 12.7. The van der Waals surface area contributed by atoms with Crippen LogP contribution in [0.5, 0.6) is 0 Å². The van der Waals surface area contributed by atoms with Crippen LogP contribution in [0.2, 0.25) is 0 Å². The van der Waals surface area contributed by atoms with Gasteiger partial charge in [0.1, 0.15) is 0 Å². The van der Waals surface area contributed by atoms with Crippen LogP contribution >= 0.6 is 0 Å². The van der Waals surface area contributed by atoms with E-state index in [1.54, 1.807) is 0 Å². The van der Waals surface area contributed by atoms with Crippen molar-refractivity contribution in [1.29, 1.82) is 0 Å². The minimum absolute atomic E-state index is 0.164. The molecular weight excluding hydrogens is 318 g/mol. The summed E-state index contributed by atoms with van der Waals surface area (Å²) in [6.07, 6.45) is 3.77. The van der Waals surface area contributed by atoms with Crippen molar-refractivity contribution in [2.24, 2.45) is 0 Å². The lowest BCUT2D eigenvalue weighted by molar-refractivity contribution is 0.102. The highest BCUT2D eigenvalue weighted by molar-refractivity contribution is 6.13. The highest BCUT2D eigenvalue weighted by Crippen LogP contribution is 2.28. The molecule has 0 atom stereocenters. The molecule has 0 bridgehead atoms. The van der Waals surface area contributed by atoms with Crippen molar-refractivity contribution in [3.05, 3.63) is 101 Å². The smallest absolute Gasteiger partial charge is 0.189 e. The summed E-state index contributed by atoms with van der Waals surface area (Å²) in [5.74, 6) is 0.164. The van der Waals surface area contributed by atoms with Crippen molar-refractivity contribution < 1.29 is 4.79 Å². The van der Waals surface area contributed by atoms with E-state index in [-0.39, 0.29) is 5.78 Å². The van der Waals surface area contributed by atoms with Gasteiger partial charge in [-0.3, -0.25) is 4.79 Å². The molecule has 2 nitrogen and oxygen atoms in total. The zero-order valence-corrected chi connectivity index (χ0v) is 14.9. The third-order valence-electron chi connectivity index (χ3n) is 4.98. The Morgan fingerprint density at radius 1 is 0.769 bits per heavy atom. The molecule has 0 heterocycles. The second-order valence-corrected chi connectivity index (χ2v) is 6.64. The number of para-hydroxylation sites is 1. The van der Waals surface area contributed by atoms with Crippen LogP contribution in [0.3, 0.4) is 0 Å². The van der Waals surface area contributed by atoms with Gasteiger partial charge in [-0.25, -0.2) is 0 Å². The molecule has 128 valence electrons. The third-order valence-corrected chi connectivity index (χ3v) is 4.98. The van der Waals surface area contributed by atoms with Gasteiger partial charge >= 0.3 is 0 Å². The topological polar surface area (TPSA) is 20.3 Å². The van der Waals surface area contributed by atoms with E-state index < -0.39 is 0 Å². The van der Waals surface area contributed by atoms with Crippen LogP contribution in [-0.2, 0) is 6.42 Å². The highest BCUT2D eigenvalue weighted by Gasteiger charge is 2.21. The predicted octanol–water partition coefficient (Wildman–Crippen LogP) is 5.67. The van der Waals surface area contributed by atoms with Crippen molar-refractivity contribution in [2.45, 2.75) is 12.8 Å². The number of hydrogen-bond donors (Lipinski definition) is 0. The molecule has 0 saturated carbocycles. The van der Waals surface area contributed by atoms with Gasteiger partial charge < -0.3 is 4.90 Å². The molecule has 0 amide bonds. The number of aryl methyl sites for hydroxylation is 1. The van der Waals surface area contributed by atoms with Gasteiger partial charge in [0.15, 0.2) is 5.78 Å². The Labute approximate surface area is 154 Å². The highest BCUT2D eigenvalue weighted by atomic mass is 16.1. The molecule has 0 radical (unpaired) electrons. The lowest BCUT2D eigenvalue weighted by Crippen LogP contribution is -2.13. The summed E-state index contributed by atoms with van der Waals surface area (Å²) in [5.41, 5.74) is 6.25. The van der Waals surface area contributed by atoms with Gasteiger partial charge in [0.2, 0.25) is 0 Å². The molecule has 0 saturated heterocycles. The number of benzene rings is 3. The number of Topliss-reactive ketones (excluding diaryl/α,β-unsaturated/α-hetero) is 1. The Morgan fingerprint density at radius 3 is 2.19 bits per heavy atom. The fraction of sp³-hybridized carbons (Fsp3) is 0.125. The monoisotopic (exact) mass is 339 g/mol. The first kappa shape index (κ1) is 16.3. The van der Waals surface area contributed by atoms with Gasteiger partial charge in [0.05, 0.1) is 0 Å². The predicted molar refractivity (Wildman–Crippen MR) is 108 cm³/mol. The van der Waals surface area contributed by atoms with Crippen LogP contribution < -0.4 is 4.90 Å². The standard InChI is InChI=1S/C24H21NO/c1-25(21-8-3-2-4-9-21)22-15-11-18(12-16-22)17-20-14-13-19-7-5-6-10-23(19)24(20)26/h2-12,15-17H,13-14H2,1H3/b20-17+. The Bertz CT molecular complexity index is 955. The van der Waals surface area contributed by atoms with Crippen LogP contribution in [0.4, 0.5) is 11.4 Å². The Balaban J connectivity index is 1.56. The number of carbonyl (C=O) groups excluding carboxylic acids is 1. The molecule has 2 heteroatoms. The maximum Gasteiger partial charge on any atom is 0.189 e. The SMILES string of the molecule is CN(c1ccccc1)c1ccc(/C=C2\CCc3ccccc3C2=O)cc1. The van der Waals surface area contributed by atoms with E-state index in [1.165, 1.54) is 0 Å². The molecule has 0 aliphatic heterocycles. The molecular formula is C24H21NO. The largest absolute Gasteiger partial charge is 0.345 e. The zero-order chi connectivity index (χ0) is 17.9. The van der Waals surface area contributed by atoms with E-state index in [2.05, 4.69) is 54.4 Å². The molecule has 0 unspecified atom stereocenters. The van der Waals surface area contributed by atoms with Gasteiger partial charge in [-0.2, -0.15) is 0 Å². The van der Waals surface area contributed by atoms with Crippen molar-refractivity contribution in [3.8, 4) is 0 Å². The molecule has 1 aliphatic rings. The van der Waals surface area contributed by atoms with Crippen LogP contribution in [0.15, 0.2) is 84.4 Å². The van der Waals surface area contributed by atoms with Crippen molar-refractivity contribution in [3.63, 3.8) is 0 Å². The Hall–Kier alpha value is -3.13. The summed E-state index contributed by atoms with van der Waals surface area (Å²) < 4.78 is 0. The molecule has 0 fully saturated rings. The maximum absolute atomic E-state index is 12.7. The number of ketones is 1. The molecule has 0 spiro atoms. The summed E-state index contributed by atoms with van der Waals surface area (Å²) in [5, 5.41) is 0. The van der Waals surface area contributed by atoms with Crippen LogP contribution in [0.25, 0.3) is 6.08 Å². The van der Waals surface area contributed by atoms with E-state index in [4.69, 9.17) is 0 Å². The van der Waals surface area contributed by atoms with Crippen LogP contribution in [0.1, 0.15) is 27.9 Å². The molecule has 4 rings (SSSR count). The van der Waals surface area contributed by atoms with Gasteiger partial charge in [0, 0.05) is 29.6 Å². The molecule has 3 aromatic rings. The van der Waals surface area contributed by atoms with Gasteiger partial charge in [-0.1, -0.05) is 54.6 Å². The molecule has 0 aromatic heterocycles. The third kappa shape index (κ3) is 3.18. The summed E-state index contributed by atoms with van der Waals surface area (Å²) in [6, 6.07) is 26.6. The normalized spacial score (nSPS) is 15.0. The fourth-order valence-corrected chi connectivity index (χ4v) is 3.45. The maximum atomic E-state index is 12.7. The van der Waals surface area contributed by atoms with Crippen LogP contribution in [-0.4, -0.2) is 12.8 Å². The number of anilines is 2. The first-order valence-corrected chi connectivity index (χ1v) is 8.94. The van der Waals surface area contributed by atoms with Crippen molar-refractivity contribution in [1.82, 2.24) is 0 Å². The number of rotatable bonds is 3. The number of carbonyl (C=O) groups is 1. The lowest BCUT2D eigenvalue weighted by atomic mass is 9.86. The summed E-state index contributed by atoms with van der Waals surface area (Å²) in [4.78, 5) is 14.9. The van der Waals surface area contributed by atoms with E-state index in [0.717, 1.165) is 46.5 Å². The lowest BCUT2D eigenvalue weighted by Gasteiger charge is -2.20. The van der Waals surface area contributed by atoms with Gasteiger partial charge in [0.25, 0.3) is 0 Å². The average molecular weight is 339 g/mol. The molecule has 3 aromatic carbocycles. The number of nitrogens with zero attached hydrogens (tertiary/aromatic N) is 1. The van der Waals surface area contributed by atoms with E-state index in [0.29, 0.717) is 0 Å². The fourth-order valence-electron chi connectivity index (χ4n) is 3.45. The number of fused-ring (bicyclic) bond motifs is 1. The van der Waals surface area contributed by atoms with Gasteiger partial charge in [-0.05, 0) is 54.3 Å². The van der Waals surface area contributed by atoms with Crippen LogP contribution in [0, 0.1) is 0 Å². The summed E-state index contributed by atoms with van der Waals surface area (Å²) in [7, 11) is 2.06. The quantitative estimate of drug-likeness (QED) is 0.573. The average Bonchev–Trinajstić information content (AvgIpc) is 2.71. The summed E-state index contributed by atoms with van der Waals surface area (Å²) >= 11 is 0. The Morgan fingerprint density at radius 2 is 1.42 bits per heavy atom. The zero-order valence-electron chi connectivity index (χ0n) is 14.9. The minimum atomic E-state index is 0.164. The van der Waals surface area contributed by atoms with E-state index in [9.17, 15) is 4.79 Å². The molecule has 0 N–H and O–H groups in total. The van der Waals surface area contributed by atoms with E-state index >= 15 is 0 Å². The second-order valence-electron chi connectivity index (χ2n) is 6.64. The first-order valence-electron chi connectivity index (χ1n) is 8.94. The minimum Gasteiger partial charge on any atom is -0.345 e. The molecule has 26 heavy (non-hydrogen) atoms. The van der Waals surface area contributed by atoms with Crippen molar-refractivity contribution in [2.75, 3.05) is 11.9 Å². The van der Waals surface area contributed by atoms with E-state index in [1.807, 2.05) is 42.5 Å². The Kier molecular flexibility index (Phi) is 4.40. The number of hydrogen-bond acceptors (Lipinski definition) is 2. The second kappa shape index (κ2) is 7.01. The summed E-state index contributed by atoms with van der Waals surface area (Å²) in [6.45, 7) is 0. The van der Waals surface area contributed by atoms with Gasteiger partial charge in [-0.15, -0.1) is 0 Å².